The summed E-state index contributed by atoms with van der Waals surface area (Å²) < 4.78 is 46.4. The van der Waals surface area contributed by atoms with Crippen molar-refractivity contribution in [3.8, 4) is 5.75 Å². The van der Waals surface area contributed by atoms with E-state index in [1.54, 1.807) is 0 Å². The average molecular weight is 303 g/mol. The molecule has 1 aromatic heterocycles. The molecule has 0 bridgehead atoms. The normalized spacial score (nSPS) is 11.3. The smallest absolute Gasteiger partial charge is 0.416 e. The summed E-state index contributed by atoms with van der Waals surface area (Å²) in [6, 6.07) is 4.39. The van der Waals surface area contributed by atoms with Gasteiger partial charge in [0.15, 0.2) is 0 Å². The van der Waals surface area contributed by atoms with Crippen LogP contribution in [0.4, 0.5) is 13.2 Å². The van der Waals surface area contributed by atoms with Crippen molar-refractivity contribution in [2.24, 2.45) is 0 Å². The molecule has 0 aliphatic heterocycles. The predicted molar refractivity (Wildman–Crippen MR) is 64.8 cm³/mol. The first-order valence-electron chi connectivity index (χ1n) is 5.35. The van der Waals surface area contributed by atoms with Gasteiger partial charge in [0, 0.05) is 11.8 Å². The fourth-order valence-electron chi connectivity index (χ4n) is 1.46. The number of benzene rings is 1. The number of carboxylic acid groups (broad SMARTS) is 1. The van der Waals surface area contributed by atoms with Gasteiger partial charge in [0.2, 0.25) is 0 Å². The highest BCUT2D eigenvalue weighted by Gasteiger charge is 2.30. The third kappa shape index (κ3) is 3.27. The zero-order valence-corrected chi connectivity index (χ0v) is 10.7. The van der Waals surface area contributed by atoms with Gasteiger partial charge in [0.25, 0.3) is 0 Å². The number of hydrogen-bond acceptors (Lipinski definition) is 4. The minimum Gasteiger partial charge on any atom is -0.489 e. The van der Waals surface area contributed by atoms with E-state index in [1.807, 2.05) is 0 Å². The van der Waals surface area contributed by atoms with Crippen molar-refractivity contribution < 1.29 is 27.8 Å². The van der Waals surface area contributed by atoms with E-state index in [1.165, 1.54) is 18.3 Å². The maximum atomic E-state index is 12.5. The number of aromatic carboxylic acids is 1. The average Bonchev–Trinajstić information content (AvgIpc) is 2.84. The van der Waals surface area contributed by atoms with Gasteiger partial charge in [-0.25, -0.2) is 4.79 Å². The van der Waals surface area contributed by atoms with Gasteiger partial charge in [-0.3, -0.25) is 0 Å². The summed E-state index contributed by atoms with van der Waals surface area (Å²) in [5, 5.41) is 8.87. The van der Waals surface area contributed by atoms with Crippen molar-refractivity contribution in [1.82, 2.24) is 4.37 Å². The van der Waals surface area contributed by atoms with Crippen molar-refractivity contribution in [2.45, 2.75) is 12.8 Å². The minimum absolute atomic E-state index is 0.0111. The molecule has 4 nitrogen and oxygen atoms in total. The van der Waals surface area contributed by atoms with Crippen LogP contribution in [-0.2, 0) is 12.8 Å². The van der Waals surface area contributed by atoms with Crippen LogP contribution in [0.1, 0.15) is 20.8 Å². The Bertz CT molecular complexity index is 624. The second-order valence-corrected chi connectivity index (χ2v) is 4.60. The molecule has 0 saturated heterocycles. The van der Waals surface area contributed by atoms with E-state index in [0.29, 0.717) is 5.56 Å². The van der Waals surface area contributed by atoms with Gasteiger partial charge in [0.05, 0.1) is 5.56 Å². The topological polar surface area (TPSA) is 59.4 Å². The van der Waals surface area contributed by atoms with Gasteiger partial charge in [-0.15, -0.1) is 0 Å². The van der Waals surface area contributed by atoms with Crippen molar-refractivity contribution >= 4 is 17.5 Å². The van der Waals surface area contributed by atoms with Crippen LogP contribution >= 0.6 is 11.5 Å². The molecule has 106 valence electrons. The SMILES string of the molecule is O=C(O)c1sncc1COc1cccc(C(F)(F)F)c1. The van der Waals surface area contributed by atoms with Crippen LogP contribution in [-0.4, -0.2) is 15.4 Å². The standard InChI is InChI=1S/C12H8F3NO3S/c13-12(14,15)8-2-1-3-9(4-8)19-6-7-5-16-20-10(7)11(17)18/h1-5H,6H2,(H,17,18). The number of halogens is 3. The van der Waals surface area contributed by atoms with Gasteiger partial charge in [0.1, 0.15) is 17.2 Å². The van der Waals surface area contributed by atoms with E-state index in [0.717, 1.165) is 23.7 Å². The quantitative estimate of drug-likeness (QED) is 0.940. The summed E-state index contributed by atoms with van der Waals surface area (Å²) in [7, 11) is 0. The van der Waals surface area contributed by atoms with Gasteiger partial charge in [-0.05, 0) is 29.7 Å². The van der Waals surface area contributed by atoms with Crippen molar-refractivity contribution in [2.75, 3.05) is 0 Å². The molecule has 0 unspecified atom stereocenters. The second-order valence-electron chi connectivity index (χ2n) is 3.80. The minimum atomic E-state index is -4.45. The zero-order chi connectivity index (χ0) is 14.8. The number of ether oxygens (including phenoxy) is 1. The summed E-state index contributed by atoms with van der Waals surface area (Å²) >= 11 is 0.791. The lowest BCUT2D eigenvalue weighted by atomic mass is 10.2. The number of aromatic nitrogens is 1. The van der Waals surface area contributed by atoms with Gasteiger partial charge < -0.3 is 9.84 Å². The fraction of sp³-hybridized carbons (Fsp3) is 0.167. The molecule has 1 heterocycles. The van der Waals surface area contributed by atoms with E-state index in [9.17, 15) is 18.0 Å². The molecule has 0 radical (unpaired) electrons. The Morgan fingerprint density at radius 2 is 2.15 bits per heavy atom. The Balaban J connectivity index is 2.11. The number of alkyl halides is 3. The summed E-state index contributed by atoms with van der Waals surface area (Å²) in [5.41, 5.74) is -0.503. The first kappa shape index (κ1) is 14.3. The third-order valence-corrected chi connectivity index (χ3v) is 3.22. The summed E-state index contributed by atoms with van der Waals surface area (Å²) in [6.07, 6.45) is -3.13. The molecule has 0 saturated carbocycles. The molecule has 2 aromatic rings. The number of nitrogens with zero attached hydrogens (tertiary/aromatic N) is 1. The first-order valence-corrected chi connectivity index (χ1v) is 6.12. The fourth-order valence-corrected chi connectivity index (χ4v) is 2.05. The number of hydrogen-bond donors (Lipinski definition) is 1. The lowest BCUT2D eigenvalue weighted by molar-refractivity contribution is -0.137. The molecular formula is C12H8F3NO3S. The molecule has 1 aromatic carbocycles. The lowest BCUT2D eigenvalue weighted by Crippen LogP contribution is -2.06. The van der Waals surface area contributed by atoms with Crippen LogP contribution in [0.15, 0.2) is 30.5 Å². The van der Waals surface area contributed by atoms with Crippen LogP contribution in [0.2, 0.25) is 0 Å². The maximum absolute atomic E-state index is 12.5. The van der Waals surface area contributed by atoms with Crippen molar-refractivity contribution in [3.63, 3.8) is 0 Å². The Morgan fingerprint density at radius 1 is 1.40 bits per heavy atom. The van der Waals surface area contributed by atoms with E-state index in [-0.39, 0.29) is 17.2 Å². The van der Waals surface area contributed by atoms with Crippen LogP contribution in [0.5, 0.6) is 5.75 Å². The van der Waals surface area contributed by atoms with E-state index in [2.05, 4.69) is 4.37 Å². The highest BCUT2D eigenvalue weighted by atomic mass is 32.1. The molecule has 1 N–H and O–H groups in total. The van der Waals surface area contributed by atoms with Gasteiger partial charge in [-0.2, -0.15) is 17.5 Å². The molecule has 0 aliphatic carbocycles. The number of rotatable bonds is 4. The Morgan fingerprint density at radius 3 is 2.80 bits per heavy atom. The molecule has 8 heteroatoms. The molecule has 0 aliphatic rings. The Kier molecular flexibility index (Phi) is 3.93. The lowest BCUT2D eigenvalue weighted by Gasteiger charge is -2.09. The molecule has 0 fully saturated rings. The first-order chi connectivity index (χ1) is 9.38. The highest BCUT2D eigenvalue weighted by Crippen LogP contribution is 2.31. The Hall–Kier alpha value is -2.09. The summed E-state index contributed by atoms with van der Waals surface area (Å²) in [6.45, 7) is -0.153. The predicted octanol–water partition coefficient (Wildman–Crippen LogP) is 3.44. The molecular weight excluding hydrogens is 295 g/mol. The van der Waals surface area contributed by atoms with Crippen molar-refractivity contribution in [3.05, 3.63) is 46.5 Å². The molecule has 0 spiro atoms. The van der Waals surface area contributed by atoms with Crippen LogP contribution in [0, 0.1) is 0 Å². The Labute approximate surface area is 115 Å². The van der Waals surface area contributed by atoms with Crippen molar-refractivity contribution in [1.29, 1.82) is 0 Å². The summed E-state index contributed by atoms with van der Waals surface area (Å²) in [5.74, 6) is -1.13. The van der Waals surface area contributed by atoms with Gasteiger partial charge in [-0.1, -0.05) is 6.07 Å². The van der Waals surface area contributed by atoms with E-state index in [4.69, 9.17) is 9.84 Å². The molecule has 2 rings (SSSR count). The molecule has 0 amide bonds. The van der Waals surface area contributed by atoms with Crippen LogP contribution in [0.3, 0.4) is 0 Å². The highest BCUT2D eigenvalue weighted by molar-refractivity contribution is 7.08. The zero-order valence-electron chi connectivity index (χ0n) is 9.85. The van der Waals surface area contributed by atoms with Gasteiger partial charge >= 0.3 is 12.1 Å². The van der Waals surface area contributed by atoms with E-state index >= 15 is 0 Å². The van der Waals surface area contributed by atoms with Crippen LogP contribution in [0.25, 0.3) is 0 Å². The third-order valence-electron chi connectivity index (χ3n) is 2.39. The van der Waals surface area contributed by atoms with Crippen LogP contribution < -0.4 is 4.74 Å². The number of carboxylic acids is 1. The maximum Gasteiger partial charge on any atom is 0.416 e. The summed E-state index contributed by atoms with van der Waals surface area (Å²) in [4.78, 5) is 10.9. The molecule has 0 atom stereocenters. The monoisotopic (exact) mass is 303 g/mol. The number of carbonyl (C=O) groups is 1. The largest absolute Gasteiger partial charge is 0.489 e. The molecule has 20 heavy (non-hydrogen) atoms. The van der Waals surface area contributed by atoms with E-state index < -0.39 is 17.7 Å². The second kappa shape index (κ2) is 5.49.